The minimum Gasteiger partial charge on any atom is -0.481 e. The van der Waals surface area contributed by atoms with Crippen molar-refractivity contribution in [1.29, 1.82) is 0 Å². The van der Waals surface area contributed by atoms with Crippen molar-refractivity contribution in [2.75, 3.05) is 19.6 Å². The molecule has 0 aliphatic carbocycles. The lowest BCUT2D eigenvalue weighted by molar-refractivity contribution is -0.143. The number of piperidine rings is 1. The molecule has 2 fully saturated rings. The first-order valence-electron chi connectivity index (χ1n) is 7.33. The maximum Gasteiger partial charge on any atom is 0.303 e. The first-order valence-corrected chi connectivity index (χ1v) is 7.33. The molecular weight excluding hydrogens is 244 g/mol. The van der Waals surface area contributed by atoms with E-state index >= 15 is 0 Å². The van der Waals surface area contributed by atoms with E-state index in [0.29, 0.717) is 6.54 Å². The third kappa shape index (κ3) is 3.08. The van der Waals surface area contributed by atoms with E-state index in [-0.39, 0.29) is 23.8 Å². The van der Waals surface area contributed by atoms with Gasteiger partial charge in [0, 0.05) is 19.5 Å². The molecule has 0 aromatic carbocycles. The van der Waals surface area contributed by atoms with Crippen LogP contribution in [0.3, 0.4) is 0 Å². The van der Waals surface area contributed by atoms with Crippen molar-refractivity contribution >= 4 is 11.9 Å². The van der Waals surface area contributed by atoms with Crippen LogP contribution < -0.4 is 5.32 Å². The molecule has 2 atom stereocenters. The number of nitrogens with one attached hydrogen (secondary N) is 1. The van der Waals surface area contributed by atoms with Crippen molar-refractivity contribution in [2.24, 2.45) is 5.92 Å². The Hall–Kier alpha value is -1.10. The molecule has 1 amide bonds. The van der Waals surface area contributed by atoms with Crippen LogP contribution in [0.2, 0.25) is 0 Å². The van der Waals surface area contributed by atoms with Crippen LogP contribution in [0.1, 0.15) is 45.4 Å². The van der Waals surface area contributed by atoms with Gasteiger partial charge in [-0.15, -0.1) is 0 Å². The van der Waals surface area contributed by atoms with E-state index < -0.39 is 5.97 Å². The van der Waals surface area contributed by atoms with Gasteiger partial charge in [-0.25, -0.2) is 0 Å². The summed E-state index contributed by atoms with van der Waals surface area (Å²) in [6, 6.07) is 0. The fraction of sp³-hybridized carbons (Fsp3) is 0.857. The smallest absolute Gasteiger partial charge is 0.303 e. The minimum absolute atomic E-state index is 0.116. The number of hydrogen-bond donors (Lipinski definition) is 2. The van der Waals surface area contributed by atoms with Crippen LogP contribution in [0.25, 0.3) is 0 Å². The molecule has 0 spiro atoms. The average Bonchev–Trinajstić information content (AvgIpc) is 2.87. The Labute approximate surface area is 114 Å². The lowest BCUT2D eigenvalue weighted by Gasteiger charge is -2.38. The third-order valence-corrected chi connectivity index (χ3v) is 4.53. The second kappa shape index (κ2) is 5.90. The lowest BCUT2D eigenvalue weighted by atomic mass is 9.89. The van der Waals surface area contributed by atoms with Gasteiger partial charge in [-0.1, -0.05) is 6.92 Å². The molecule has 5 heteroatoms. The van der Waals surface area contributed by atoms with Gasteiger partial charge >= 0.3 is 5.97 Å². The Morgan fingerprint density at radius 2 is 2.21 bits per heavy atom. The standard InChI is InChI=1S/C14H24N2O3/c1-2-14(6-4-7-15-14)13(19)16-8-3-5-11(10-16)9-12(17)18/h11,15H,2-10H2,1H3,(H,17,18). The molecule has 2 heterocycles. The van der Waals surface area contributed by atoms with Crippen molar-refractivity contribution in [1.82, 2.24) is 10.2 Å². The summed E-state index contributed by atoms with van der Waals surface area (Å²) in [6.07, 6.45) is 4.78. The second-order valence-corrected chi connectivity index (χ2v) is 5.82. The normalized spacial score (nSPS) is 31.4. The molecule has 0 aromatic rings. The topological polar surface area (TPSA) is 69.6 Å². The van der Waals surface area contributed by atoms with Crippen LogP contribution in [0.4, 0.5) is 0 Å². The molecule has 0 bridgehead atoms. The Balaban J connectivity index is 2.00. The molecule has 5 nitrogen and oxygen atoms in total. The number of rotatable bonds is 4. The van der Waals surface area contributed by atoms with Crippen LogP contribution in [0.5, 0.6) is 0 Å². The molecule has 2 unspecified atom stereocenters. The van der Waals surface area contributed by atoms with Crippen molar-refractivity contribution in [3.8, 4) is 0 Å². The lowest BCUT2D eigenvalue weighted by Crippen LogP contribution is -2.56. The molecule has 2 aliphatic rings. The van der Waals surface area contributed by atoms with Gasteiger partial charge in [-0.3, -0.25) is 9.59 Å². The fourth-order valence-electron chi connectivity index (χ4n) is 3.41. The van der Waals surface area contributed by atoms with E-state index in [1.807, 2.05) is 4.90 Å². The van der Waals surface area contributed by atoms with Crippen LogP contribution in [-0.2, 0) is 9.59 Å². The largest absolute Gasteiger partial charge is 0.481 e. The molecule has 2 aliphatic heterocycles. The number of nitrogens with zero attached hydrogens (tertiary/aromatic N) is 1. The highest BCUT2D eigenvalue weighted by Gasteiger charge is 2.42. The maximum absolute atomic E-state index is 12.7. The average molecular weight is 268 g/mol. The predicted molar refractivity (Wildman–Crippen MR) is 71.8 cm³/mol. The Morgan fingerprint density at radius 3 is 2.79 bits per heavy atom. The Kier molecular flexibility index (Phi) is 4.45. The van der Waals surface area contributed by atoms with E-state index in [9.17, 15) is 9.59 Å². The molecule has 2 rings (SSSR count). The van der Waals surface area contributed by atoms with Crippen LogP contribution in [-0.4, -0.2) is 47.1 Å². The van der Waals surface area contributed by atoms with E-state index in [2.05, 4.69) is 12.2 Å². The van der Waals surface area contributed by atoms with Gasteiger partial charge < -0.3 is 15.3 Å². The molecule has 2 saturated heterocycles. The summed E-state index contributed by atoms with van der Waals surface area (Å²) in [7, 11) is 0. The van der Waals surface area contributed by atoms with Gasteiger partial charge in [-0.05, 0) is 44.6 Å². The van der Waals surface area contributed by atoms with Gasteiger partial charge in [0.05, 0.1) is 5.54 Å². The monoisotopic (exact) mass is 268 g/mol. The second-order valence-electron chi connectivity index (χ2n) is 5.82. The SMILES string of the molecule is CCC1(C(=O)N2CCCC(CC(=O)O)C2)CCCN1. The molecule has 2 N–H and O–H groups in total. The summed E-state index contributed by atoms with van der Waals surface area (Å²) >= 11 is 0. The van der Waals surface area contributed by atoms with E-state index in [1.165, 1.54) is 0 Å². The first kappa shape index (κ1) is 14.3. The molecule has 0 saturated carbocycles. The van der Waals surface area contributed by atoms with Gasteiger partial charge in [0.15, 0.2) is 0 Å². The van der Waals surface area contributed by atoms with Crippen molar-refractivity contribution in [3.05, 3.63) is 0 Å². The number of carboxylic acids is 1. The van der Waals surface area contributed by atoms with Gasteiger partial charge in [0.1, 0.15) is 0 Å². The highest BCUT2D eigenvalue weighted by molar-refractivity contribution is 5.87. The Morgan fingerprint density at radius 1 is 1.42 bits per heavy atom. The van der Waals surface area contributed by atoms with E-state index in [0.717, 1.165) is 45.2 Å². The maximum atomic E-state index is 12.7. The number of likely N-dealkylation sites (tertiary alicyclic amines) is 1. The zero-order valence-corrected chi connectivity index (χ0v) is 11.7. The highest BCUT2D eigenvalue weighted by Crippen LogP contribution is 2.28. The highest BCUT2D eigenvalue weighted by atomic mass is 16.4. The number of carbonyl (C=O) groups is 2. The van der Waals surface area contributed by atoms with E-state index in [1.54, 1.807) is 0 Å². The summed E-state index contributed by atoms with van der Waals surface area (Å²) in [5, 5.41) is 12.2. The number of aliphatic carboxylic acids is 1. The molecule has 0 aromatic heterocycles. The van der Waals surface area contributed by atoms with Crippen LogP contribution in [0, 0.1) is 5.92 Å². The predicted octanol–water partition coefficient (Wildman–Crippen LogP) is 1.23. The third-order valence-electron chi connectivity index (χ3n) is 4.53. The molecule has 19 heavy (non-hydrogen) atoms. The van der Waals surface area contributed by atoms with Crippen LogP contribution in [0.15, 0.2) is 0 Å². The van der Waals surface area contributed by atoms with E-state index in [4.69, 9.17) is 5.11 Å². The first-order chi connectivity index (χ1) is 9.07. The number of amides is 1. The summed E-state index contributed by atoms with van der Waals surface area (Å²) in [4.78, 5) is 25.4. The zero-order valence-electron chi connectivity index (χ0n) is 11.7. The van der Waals surface area contributed by atoms with Crippen molar-refractivity contribution in [3.63, 3.8) is 0 Å². The summed E-state index contributed by atoms with van der Waals surface area (Å²) in [5.74, 6) is -0.461. The summed E-state index contributed by atoms with van der Waals surface area (Å²) in [5.41, 5.74) is -0.384. The van der Waals surface area contributed by atoms with Crippen molar-refractivity contribution in [2.45, 2.75) is 51.0 Å². The Bertz CT molecular complexity index is 351. The molecule has 108 valence electrons. The number of carbonyl (C=O) groups excluding carboxylic acids is 1. The fourth-order valence-corrected chi connectivity index (χ4v) is 3.41. The van der Waals surface area contributed by atoms with Gasteiger partial charge in [0.25, 0.3) is 0 Å². The van der Waals surface area contributed by atoms with Crippen LogP contribution >= 0.6 is 0 Å². The zero-order chi connectivity index (χ0) is 13.9. The van der Waals surface area contributed by atoms with Gasteiger partial charge in [0.2, 0.25) is 5.91 Å². The quantitative estimate of drug-likeness (QED) is 0.804. The van der Waals surface area contributed by atoms with Gasteiger partial charge in [-0.2, -0.15) is 0 Å². The summed E-state index contributed by atoms with van der Waals surface area (Å²) < 4.78 is 0. The molecular formula is C14H24N2O3. The molecule has 0 radical (unpaired) electrons. The summed E-state index contributed by atoms with van der Waals surface area (Å²) in [6.45, 7) is 4.34. The number of carboxylic acid groups (broad SMARTS) is 1. The minimum atomic E-state index is -0.761. The van der Waals surface area contributed by atoms with Crippen molar-refractivity contribution < 1.29 is 14.7 Å². The number of hydrogen-bond acceptors (Lipinski definition) is 3.